The summed E-state index contributed by atoms with van der Waals surface area (Å²) in [6.45, 7) is 1.97. The number of hydrogen-bond acceptors (Lipinski definition) is 2. The SMILES string of the molecule is Cc1cnc[nH]1.Cn1cc[nH]c1=O. The van der Waals surface area contributed by atoms with Crippen LogP contribution >= 0.6 is 0 Å². The van der Waals surface area contributed by atoms with E-state index in [2.05, 4.69) is 15.0 Å². The summed E-state index contributed by atoms with van der Waals surface area (Å²) in [5.74, 6) is 0. The van der Waals surface area contributed by atoms with Gasteiger partial charge in [0.05, 0.1) is 6.33 Å². The maximum absolute atomic E-state index is 10.3. The Morgan fingerprint density at radius 1 is 1.46 bits per heavy atom. The third kappa shape index (κ3) is 2.98. The molecule has 0 saturated carbocycles. The van der Waals surface area contributed by atoms with Crippen LogP contribution in [0, 0.1) is 6.92 Å². The van der Waals surface area contributed by atoms with Crippen molar-refractivity contribution in [3.8, 4) is 0 Å². The second-order valence-electron chi connectivity index (χ2n) is 2.61. The van der Waals surface area contributed by atoms with Crippen LogP contribution in [-0.4, -0.2) is 19.5 Å². The van der Waals surface area contributed by atoms with Gasteiger partial charge in [-0.2, -0.15) is 0 Å². The summed E-state index contributed by atoms with van der Waals surface area (Å²) in [6.07, 6.45) is 6.71. The average molecular weight is 180 g/mol. The minimum Gasteiger partial charge on any atom is -0.349 e. The van der Waals surface area contributed by atoms with Gasteiger partial charge in [-0.15, -0.1) is 0 Å². The van der Waals surface area contributed by atoms with Gasteiger partial charge in [0.25, 0.3) is 0 Å². The first kappa shape index (κ1) is 9.31. The lowest BCUT2D eigenvalue weighted by Gasteiger charge is -1.76. The Labute approximate surface area is 75.5 Å². The van der Waals surface area contributed by atoms with Crippen LogP contribution < -0.4 is 5.69 Å². The zero-order chi connectivity index (χ0) is 9.68. The Morgan fingerprint density at radius 2 is 2.23 bits per heavy atom. The third-order valence-electron chi connectivity index (χ3n) is 1.46. The largest absolute Gasteiger partial charge is 0.349 e. The van der Waals surface area contributed by atoms with Crippen molar-refractivity contribution in [3.63, 3.8) is 0 Å². The average Bonchev–Trinajstić information content (AvgIpc) is 2.67. The van der Waals surface area contributed by atoms with Crippen molar-refractivity contribution in [1.82, 2.24) is 19.5 Å². The van der Waals surface area contributed by atoms with E-state index in [1.165, 1.54) is 4.57 Å². The Kier molecular flexibility index (Phi) is 3.08. The van der Waals surface area contributed by atoms with E-state index in [9.17, 15) is 4.79 Å². The van der Waals surface area contributed by atoms with Crippen LogP contribution in [0.1, 0.15) is 5.69 Å². The van der Waals surface area contributed by atoms with Crippen molar-refractivity contribution in [3.05, 3.63) is 41.1 Å². The van der Waals surface area contributed by atoms with E-state index < -0.39 is 0 Å². The molecule has 0 saturated heterocycles. The summed E-state index contributed by atoms with van der Waals surface area (Å²) in [7, 11) is 1.69. The van der Waals surface area contributed by atoms with Crippen molar-refractivity contribution < 1.29 is 0 Å². The summed E-state index contributed by atoms with van der Waals surface area (Å²) in [5, 5.41) is 0. The Hall–Kier alpha value is -1.78. The van der Waals surface area contributed by atoms with Crippen molar-refractivity contribution in [2.24, 2.45) is 7.05 Å². The van der Waals surface area contributed by atoms with E-state index >= 15 is 0 Å². The van der Waals surface area contributed by atoms with Gasteiger partial charge in [0, 0.05) is 31.3 Å². The topological polar surface area (TPSA) is 66.5 Å². The zero-order valence-electron chi connectivity index (χ0n) is 7.61. The molecule has 2 aromatic heterocycles. The third-order valence-corrected chi connectivity index (χ3v) is 1.46. The van der Waals surface area contributed by atoms with Crippen LogP contribution in [0.5, 0.6) is 0 Å². The first-order chi connectivity index (χ1) is 6.20. The molecular formula is C8H12N4O. The number of hydrogen-bond donors (Lipinski definition) is 2. The van der Waals surface area contributed by atoms with Crippen molar-refractivity contribution in [1.29, 1.82) is 0 Å². The van der Waals surface area contributed by atoms with E-state index in [4.69, 9.17) is 0 Å². The van der Waals surface area contributed by atoms with Gasteiger partial charge in [-0.3, -0.25) is 0 Å². The summed E-state index contributed by atoms with van der Waals surface area (Å²) < 4.78 is 1.47. The van der Waals surface area contributed by atoms with Gasteiger partial charge < -0.3 is 14.5 Å². The Morgan fingerprint density at radius 3 is 2.38 bits per heavy atom. The van der Waals surface area contributed by atoms with E-state index in [0.717, 1.165) is 5.69 Å². The van der Waals surface area contributed by atoms with Gasteiger partial charge in [0.2, 0.25) is 0 Å². The lowest BCUT2D eigenvalue weighted by Crippen LogP contribution is -2.10. The summed E-state index contributed by atoms with van der Waals surface area (Å²) in [4.78, 5) is 19.5. The van der Waals surface area contributed by atoms with E-state index in [1.807, 2.05) is 6.92 Å². The second-order valence-corrected chi connectivity index (χ2v) is 2.61. The molecule has 0 spiro atoms. The highest BCUT2D eigenvalue weighted by Crippen LogP contribution is 1.81. The smallest absolute Gasteiger partial charge is 0.325 e. The van der Waals surface area contributed by atoms with Crippen LogP contribution in [0.4, 0.5) is 0 Å². The predicted octanol–water partition coefficient (Wildman–Crippen LogP) is 0.432. The fourth-order valence-electron chi connectivity index (χ4n) is 0.715. The molecule has 2 rings (SSSR count). The number of aromatic amines is 2. The quantitative estimate of drug-likeness (QED) is 0.617. The monoisotopic (exact) mass is 180 g/mol. The van der Waals surface area contributed by atoms with Gasteiger partial charge in [0.15, 0.2) is 0 Å². The van der Waals surface area contributed by atoms with Crippen LogP contribution in [0.2, 0.25) is 0 Å². The summed E-state index contributed by atoms with van der Waals surface area (Å²) in [5.41, 5.74) is 1.04. The second kappa shape index (κ2) is 4.30. The highest BCUT2D eigenvalue weighted by Gasteiger charge is 1.80. The molecule has 5 nitrogen and oxygen atoms in total. The molecule has 0 aliphatic carbocycles. The molecule has 0 aromatic carbocycles. The van der Waals surface area contributed by atoms with Crippen LogP contribution in [-0.2, 0) is 7.05 Å². The number of aromatic nitrogens is 4. The fraction of sp³-hybridized carbons (Fsp3) is 0.250. The molecule has 0 atom stereocenters. The molecule has 0 amide bonds. The zero-order valence-corrected chi connectivity index (χ0v) is 7.61. The molecule has 5 heteroatoms. The highest BCUT2D eigenvalue weighted by molar-refractivity contribution is 4.87. The molecule has 2 heterocycles. The van der Waals surface area contributed by atoms with E-state index in [1.54, 1.807) is 32.0 Å². The van der Waals surface area contributed by atoms with Crippen molar-refractivity contribution in [2.45, 2.75) is 6.92 Å². The number of imidazole rings is 2. The normalized spacial score (nSPS) is 9.08. The van der Waals surface area contributed by atoms with Gasteiger partial charge in [-0.05, 0) is 6.92 Å². The van der Waals surface area contributed by atoms with Crippen LogP contribution in [0.25, 0.3) is 0 Å². The van der Waals surface area contributed by atoms with Crippen LogP contribution in [0.3, 0.4) is 0 Å². The number of nitrogens with one attached hydrogen (secondary N) is 2. The first-order valence-corrected chi connectivity index (χ1v) is 3.85. The molecule has 0 radical (unpaired) electrons. The van der Waals surface area contributed by atoms with E-state index in [0.29, 0.717) is 0 Å². The predicted molar refractivity (Wildman–Crippen MR) is 49.4 cm³/mol. The van der Waals surface area contributed by atoms with Crippen LogP contribution in [0.15, 0.2) is 29.7 Å². The minimum atomic E-state index is -0.0694. The fourth-order valence-corrected chi connectivity index (χ4v) is 0.715. The molecule has 2 N–H and O–H groups in total. The lowest BCUT2D eigenvalue weighted by molar-refractivity contribution is 0.862. The van der Waals surface area contributed by atoms with Gasteiger partial charge in [-0.1, -0.05) is 0 Å². The maximum Gasteiger partial charge on any atom is 0.325 e. The Bertz CT molecular complexity index is 384. The van der Waals surface area contributed by atoms with Crippen molar-refractivity contribution in [2.75, 3.05) is 0 Å². The van der Waals surface area contributed by atoms with E-state index in [-0.39, 0.29) is 5.69 Å². The Balaban J connectivity index is 0.000000132. The highest BCUT2D eigenvalue weighted by atomic mass is 16.1. The molecule has 13 heavy (non-hydrogen) atoms. The molecule has 2 aromatic rings. The molecule has 0 aliphatic heterocycles. The molecule has 0 unspecified atom stereocenters. The van der Waals surface area contributed by atoms with Gasteiger partial charge in [0.1, 0.15) is 0 Å². The van der Waals surface area contributed by atoms with Crippen molar-refractivity contribution >= 4 is 0 Å². The molecule has 0 bridgehead atoms. The standard InChI is InChI=1S/C4H6N2O.C4H6N2/c1-6-3-2-5-4(6)7;1-4-2-5-3-6-4/h2-3H,1H3,(H,5,7);2-3H,1H3,(H,5,6). The lowest BCUT2D eigenvalue weighted by atomic mass is 10.6. The number of H-pyrrole nitrogens is 2. The summed E-state index contributed by atoms with van der Waals surface area (Å²) in [6, 6.07) is 0. The molecule has 70 valence electrons. The molecule has 0 fully saturated rings. The number of nitrogens with zero attached hydrogens (tertiary/aromatic N) is 2. The minimum absolute atomic E-state index is 0.0694. The van der Waals surface area contributed by atoms with Gasteiger partial charge in [-0.25, -0.2) is 9.78 Å². The molecular weight excluding hydrogens is 168 g/mol. The number of rotatable bonds is 0. The first-order valence-electron chi connectivity index (χ1n) is 3.85. The molecule has 0 aliphatic rings. The van der Waals surface area contributed by atoms with Gasteiger partial charge >= 0.3 is 5.69 Å². The maximum atomic E-state index is 10.3. The summed E-state index contributed by atoms with van der Waals surface area (Å²) >= 11 is 0. The number of aryl methyl sites for hydroxylation is 2.